The van der Waals surface area contributed by atoms with E-state index < -0.39 is 29.6 Å². The largest absolute Gasteiger partial charge is 0.394 e. The Hall–Kier alpha value is -1.86. The highest BCUT2D eigenvalue weighted by atomic mass is 19.1. The van der Waals surface area contributed by atoms with Gasteiger partial charge in [-0.15, -0.1) is 0 Å². The molecule has 6 heteroatoms. The smallest absolute Gasteiger partial charge is 0.142 e. The zero-order valence-corrected chi connectivity index (χ0v) is 12.9. The number of rotatable bonds is 3. The Morgan fingerprint density at radius 2 is 1.38 bits per heavy atom. The molecule has 4 rings (SSSR count). The molecule has 0 radical (unpaired) electrons. The second kappa shape index (κ2) is 5.89. The van der Waals surface area contributed by atoms with Gasteiger partial charge < -0.3 is 14.6 Å². The fraction of sp³-hybridized carbons (Fsp3) is 0.333. The van der Waals surface area contributed by atoms with Gasteiger partial charge in [0, 0.05) is 11.1 Å². The van der Waals surface area contributed by atoms with Crippen molar-refractivity contribution >= 4 is 0 Å². The predicted octanol–water partition coefficient (Wildman–Crippen LogP) is 2.76. The number of benzene rings is 2. The molecule has 2 aliphatic rings. The number of halogens is 2. The van der Waals surface area contributed by atoms with Crippen LogP contribution in [0.4, 0.5) is 8.78 Å². The van der Waals surface area contributed by atoms with Gasteiger partial charge in [0.1, 0.15) is 24.1 Å². The molecule has 2 aromatic carbocycles. The average molecular weight is 333 g/mol. The lowest BCUT2D eigenvalue weighted by Crippen LogP contribution is -2.47. The van der Waals surface area contributed by atoms with Crippen LogP contribution < -0.4 is 0 Å². The maximum atomic E-state index is 14.3. The van der Waals surface area contributed by atoms with E-state index in [1.807, 2.05) is 0 Å². The van der Waals surface area contributed by atoms with E-state index in [0.717, 1.165) is 0 Å². The van der Waals surface area contributed by atoms with E-state index in [9.17, 15) is 13.9 Å². The maximum absolute atomic E-state index is 14.3. The van der Waals surface area contributed by atoms with Crippen LogP contribution in [-0.2, 0) is 9.47 Å². The summed E-state index contributed by atoms with van der Waals surface area (Å²) in [5.41, 5.74) is -0.112. The fourth-order valence-electron chi connectivity index (χ4n) is 3.44. The van der Waals surface area contributed by atoms with Crippen molar-refractivity contribution in [2.75, 3.05) is 19.8 Å². The molecular weight excluding hydrogens is 316 g/mol. The van der Waals surface area contributed by atoms with Crippen LogP contribution in [0, 0.1) is 11.6 Å². The number of aliphatic hydroxyl groups excluding tert-OH is 1. The number of ether oxygens (including phenoxy) is 2. The molecule has 2 aromatic rings. The molecule has 2 heterocycles. The van der Waals surface area contributed by atoms with Crippen LogP contribution in [0.2, 0.25) is 0 Å². The van der Waals surface area contributed by atoms with Gasteiger partial charge in [0.2, 0.25) is 0 Å². The average Bonchev–Trinajstić information content (AvgIpc) is 3.14. The highest BCUT2D eigenvalue weighted by Gasteiger charge is 2.57. The number of hydrogen-bond donors (Lipinski definition) is 1. The van der Waals surface area contributed by atoms with Crippen LogP contribution in [0.15, 0.2) is 48.5 Å². The van der Waals surface area contributed by atoms with Crippen LogP contribution >= 0.6 is 0 Å². The van der Waals surface area contributed by atoms with Crippen molar-refractivity contribution in [3.05, 3.63) is 71.3 Å². The molecule has 0 aliphatic carbocycles. The molecule has 126 valence electrons. The number of aliphatic hydroxyl groups is 1. The summed E-state index contributed by atoms with van der Waals surface area (Å²) in [4.78, 5) is 1.74. The molecule has 2 fully saturated rings. The number of fused-ring (bicyclic) bond motifs is 1. The first-order valence-corrected chi connectivity index (χ1v) is 7.78. The lowest BCUT2D eigenvalue weighted by atomic mass is 10.0. The third-order valence-corrected chi connectivity index (χ3v) is 4.71. The van der Waals surface area contributed by atoms with Crippen LogP contribution in [0.3, 0.4) is 0 Å². The van der Waals surface area contributed by atoms with Crippen molar-refractivity contribution in [1.29, 1.82) is 0 Å². The summed E-state index contributed by atoms with van der Waals surface area (Å²) in [5.74, 6) is -0.814. The van der Waals surface area contributed by atoms with Gasteiger partial charge in [0.05, 0.1) is 25.4 Å². The summed E-state index contributed by atoms with van der Waals surface area (Å²) in [6, 6.07) is 12.6. The lowest BCUT2D eigenvalue weighted by Gasteiger charge is -2.33. The van der Waals surface area contributed by atoms with E-state index in [1.165, 1.54) is 12.1 Å². The molecule has 0 saturated carbocycles. The zero-order valence-electron chi connectivity index (χ0n) is 12.9. The van der Waals surface area contributed by atoms with Gasteiger partial charge >= 0.3 is 0 Å². The van der Waals surface area contributed by atoms with Gasteiger partial charge in [-0.25, -0.2) is 13.7 Å². The van der Waals surface area contributed by atoms with E-state index in [4.69, 9.17) is 9.47 Å². The van der Waals surface area contributed by atoms with E-state index in [2.05, 4.69) is 0 Å². The molecule has 1 N–H and O–H groups in total. The Labute approximate surface area is 138 Å². The summed E-state index contributed by atoms with van der Waals surface area (Å²) in [5, 5.41) is 9.91. The van der Waals surface area contributed by atoms with Crippen molar-refractivity contribution in [2.24, 2.45) is 0 Å². The van der Waals surface area contributed by atoms with Crippen LogP contribution in [0.1, 0.15) is 23.6 Å². The Morgan fingerprint density at radius 1 is 0.917 bits per heavy atom. The molecule has 2 aliphatic heterocycles. The topological polar surface area (TPSA) is 41.9 Å². The summed E-state index contributed by atoms with van der Waals surface area (Å²) in [6.07, 6.45) is -1.49. The minimum absolute atomic E-state index is 0.188. The minimum atomic E-state index is -0.806. The SMILES string of the molecule is OC[C@]12CO[C@H](c3ccccc3F)N1[C@H](c1ccccc1F)OC2. The van der Waals surface area contributed by atoms with Crippen molar-refractivity contribution < 1.29 is 23.4 Å². The molecule has 4 nitrogen and oxygen atoms in total. The van der Waals surface area contributed by atoms with Crippen molar-refractivity contribution in [3.8, 4) is 0 Å². The molecular formula is C18H17F2NO3. The molecule has 0 amide bonds. The highest BCUT2D eigenvalue weighted by Crippen LogP contribution is 2.49. The van der Waals surface area contributed by atoms with Crippen LogP contribution in [0.5, 0.6) is 0 Å². The normalized spacial score (nSPS) is 29.8. The van der Waals surface area contributed by atoms with E-state index >= 15 is 0 Å². The first-order chi connectivity index (χ1) is 11.7. The first-order valence-electron chi connectivity index (χ1n) is 7.78. The summed E-state index contributed by atoms with van der Waals surface area (Å²) >= 11 is 0. The summed E-state index contributed by atoms with van der Waals surface area (Å²) < 4.78 is 40.1. The Balaban J connectivity index is 1.79. The maximum Gasteiger partial charge on any atom is 0.142 e. The van der Waals surface area contributed by atoms with Gasteiger partial charge in [-0.05, 0) is 12.1 Å². The number of hydrogen-bond acceptors (Lipinski definition) is 4. The quantitative estimate of drug-likeness (QED) is 0.938. The minimum Gasteiger partial charge on any atom is -0.394 e. The highest BCUT2D eigenvalue weighted by molar-refractivity contribution is 5.27. The molecule has 24 heavy (non-hydrogen) atoms. The van der Waals surface area contributed by atoms with Gasteiger partial charge in [-0.3, -0.25) is 0 Å². The van der Waals surface area contributed by atoms with E-state index in [1.54, 1.807) is 41.3 Å². The predicted molar refractivity (Wildman–Crippen MR) is 81.8 cm³/mol. The van der Waals surface area contributed by atoms with Gasteiger partial charge in [0.15, 0.2) is 0 Å². The molecule has 0 aromatic heterocycles. The fourth-order valence-corrected chi connectivity index (χ4v) is 3.44. The van der Waals surface area contributed by atoms with Crippen molar-refractivity contribution in [3.63, 3.8) is 0 Å². The molecule has 0 bridgehead atoms. The first kappa shape index (κ1) is 15.7. The van der Waals surface area contributed by atoms with Crippen molar-refractivity contribution in [2.45, 2.75) is 18.0 Å². The monoisotopic (exact) mass is 333 g/mol. The van der Waals surface area contributed by atoms with Crippen LogP contribution in [0.25, 0.3) is 0 Å². The second-order valence-electron chi connectivity index (χ2n) is 6.16. The third-order valence-electron chi connectivity index (χ3n) is 4.71. The molecule has 0 spiro atoms. The molecule has 2 saturated heterocycles. The standard InChI is InChI=1S/C18H17F2NO3/c19-14-7-3-1-5-12(14)16-21-17(13-6-2-4-8-15(13)20)24-11-18(21,9-22)10-23-16/h1-8,16-17,22H,9-11H2/t16-,17+,18-. The Kier molecular flexibility index (Phi) is 3.85. The van der Waals surface area contributed by atoms with E-state index in [-0.39, 0.29) is 19.8 Å². The summed E-state index contributed by atoms with van der Waals surface area (Å²) in [6.45, 7) is 0.157. The van der Waals surface area contributed by atoms with E-state index in [0.29, 0.717) is 11.1 Å². The lowest BCUT2D eigenvalue weighted by molar-refractivity contribution is -0.0657. The second-order valence-corrected chi connectivity index (χ2v) is 6.16. The third kappa shape index (κ3) is 2.26. The Bertz CT molecular complexity index is 697. The van der Waals surface area contributed by atoms with Crippen LogP contribution in [-0.4, -0.2) is 35.4 Å². The summed E-state index contributed by atoms with van der Waals surface area (Å²) in [7, 11) is 0. The van der Waals surface area contributed by atoms with Gasteiger partial charge in [-0.2, -0.15) is 0 Å². The van der Waals surface area contributed by atoms with Gasteiger partial charge in [-0.1, -0.05) is 36.4 Å². The zero-order chi connectivity index (χ0) is 16.7. The number of nitrogens with zero attached hydrogens (tertiary/aromatic N) is 1. The molecule has 3 atom stereocenters. The van der Waals surface area contributed by atoms with Gasteiger partial charge in [0.25, 0.3) is 0 Å². The molecule has 0 unspecified atom stereocenters. The Morgan fingerprint density at radius 3 is 1.79 bits per heavy atom. The van der Waals surface area contributed by atoms with Crippen molar-refractivity contribution in [1.82, 2.24) is 4.90 Å².